The first-order chi connectivity index (χ1) is 11.3. The summed E-state index contributed by atoms with van der Waals surface area (Å²) in [5, 5.41) is 5.57. The summed E-state index contributed by atoms with van der Waals surface area (Å²) in [4.78, 5) is 23.2. The predicted molar refractivity (Wildman–Crippen MR) is 79.3 cm³/mol. The average molecular weight is 339 g/mol. The van der Waals surface area contributed by atoms with Crippen LogP contribution in [0.1, 0.15) is 17.1 Å². The summed E-state index contributed by atoms with van der Waals surface area (Å²) in [6.45, 7) is 1.72. The van der Waals surface area contributed by atoms with Crippen molar-refractivity contribution in [3.05, 3.63) is 53.5 Å². The average Bonchev–Trinajstić information content (AvgIpc) is 2.92. The van der Waals surface area contributed by atoms with Crippen LogP contribution in [0.2, 0.25) is 0 Å². The molecule has 2 rings (SSSR count). The molecule has 24 heavy (non-hydrogen) atoms. The van der Waals surface area contributed by atoms with Crippen molar-refractivity contribution in [2.24, 2.45) is 5.10 Å². The van der Waals surface area contributed by atoms with Gasteiger partial charge in [-0.25, -0.2) is 5.43 Å². The molecule has 2 aromatic rings. The monoisotopic (exact) mass is 339 g/mol. The maximum absolute atomic E-state index is 12.6. The van der Waals surface area contributed by atoms with Crippen molar-refractivity contribution < 1.29 is 27.2 Å². The molecule has 0 saturated heterocycles. The van der Waals surface area contributed by atoms with Gasteiger partial charge in [-0.15, -0.1) is 0 Å². The van der Waals surface area contributed by atoms with E-state index >= 15 is 0 Å². The van der Waals surface area contributed by atoms with Crippen LogP contribution < -0.4 is 10.7 Å². The van der Waals surface area contributed by atoms with Gasteiger partial charge in [0.05, 0.1) is 11.8 Å². The Hall–Kier alpha value is -3.10. The van der Waals surface area contributed by atoms with Gasteiger partial charge in [0, 0.05) is 5.69 Å². The number of anilines is 1. The lowest BCUT2D eigenvalue weighted by molar-refractivity contribution is -0.137. The molecule has 0 radical (unpaired) electrons. The van der Waals surface area contributed by atoms with E-state index in [0.29, 0.717) is 11.5 Å². The van der Waals surface area contributed by atoms with Crippen LogP contribution in [0.4, 0.5) is 18.9 Å². The number of hydrogen-bond donors (Lipinski definition) is 2. The third-order valence-electron chi connectivity index (χ3n) is 2.77. The molecule has 0 aliphatic rings. The highest BCUT2D eigenvalue weighted by molar-refractivity contribution is 6.39. The van der Waals surface area contributed by atoms with Gasteiger partial charge < -0.3 is 9.73 Å². The molecule has 0 aliphatic carbocycles. The number of hydrogen-bond acceptors (Lipinski definition) is 4. The zero-order valence-electron chi connectivity index (χ0n) is 12.3. The summed E-state index contributed by atoms with van der Waals surface area (Å²) >= 11 is 0. The van der Waals surface area contributed by atoms with Crippen molar-refractivity contribution in [3.8, 4) is 0 Å². The van der Waals surface area contributed by atoms with E-state index in [4.69, 9.17) is 4.42 Å². The fourth-order valence-electron chi connectivity index (χ4n) is 1.69. The number of hydrazone groups is 1. The van der Waals surface area contributed by atoms with Crippen LogP contribution in [0.25, 0.3) is 0 Å². The molecule has 0 aliphatic heterocycles. The maximum atomic E-state index is 12.6. The second kappa shape index (κ2) is 6.99. The number of furan rings is 1. The van der Waals surface area contributed by atoms with Gasteiger partial charge in [0.2, 0.25) is 0 Å². The molecule has 2 amide bonds. The van der Waals surface area contributed by atoms with E-state index in [0.717, 1.165) is 18.2 Å². The third-order valence-corrected chi connectivity index (χ3v) is 2.77. The molecule has 1 heterocycles. The lowest BCUT2D eigenvalue weighted by Gasteiger charge is -2.09. The summed E-state index contributed by atoms with van der Waals surface area (Å²) in [5.74, 6) is -1.27. The molecule has 0 atom stereocenters. The number of nitrogens with one attached hydrogen (secondary N) is 2. The molecule has 0 saturated carbocycles. The molecule has 1 aromatic carbocycles. The zero-order chi connectivity index (χ0) is 17.7. The van der Waals surface area contributed by atoms with Crippen molar-refractivity contribution in [1.82, 2.24) is 5.43 Å². The van der Waals surface area contributed by atoms with Gasteiger partial charge in [-0.05, 0) is 37.3 Å². The molecule has 126 valence electrons. The normalized spacial score (nSPS) is 11.5. The fraction of sp³-hybridized carbons (Fsp3) is 0.133. The molecule has 9 heteroatoms. The molecule has 2 N–H and O–H groups in total. The van der Waals surface area contributed by atoms with Crippen LogP contribution >= 0.6 is 0 Å². The van der Waals surface area contributed by atoms with Gasteiger partial charge >= 0.3 is 18.0 Å². The van der Waals surface area contributed by atoms with E-state index in [1.165, 1.54) is 12.3 Å². The van der Waals surface area contributed by atoms with Gasteiger partial charge in [0.1, 0.15) is 11.5 Å². The first-order valence-corrected chi connectivity index (χ1v) is 6.64. The minimum absolute atomic E-state index is 0.157. The largest absolute Gasteiger partial charge is 0.460 e. The second-order valence-electron chi connectivity index (χ2n) is 4.68. The standard InChI is InChI=1S/C15H12F3N3O3/c1-9-5-6-12(24-9)8-19-21-14(23)13(22)20-11-4-2-3-10(7-11)15(16,17)18/h2-8H,1H3,(H,20,22)(H,21,23). The molecule has 1 aromatic heterocycles. The number of carbonyl (C=O) groups is 2. The minimum atomic E-state index is -4.55. The molecular formula is C15H12F3N3O3. The number of amides is 2. The van der Waals surface area contributed by atoms with Crippen LogP contribution in [0.5, 0.6) is 0 Å². The first-order valence-electron chi connectivity index (χ1n) is 6.64. The smallest absolute Gasteiger partial charge is 0.416 e. The van der Waals surface area contributed by atoms with Gasteiger partial charge in [0.25, 0.3) is 0 Å². The quantitative estimate of drug-likeness (QED) is 0.512. The molecular weight excluding hydrogens is 327 g/mol. The van der Waals surface area contributed by atoms with Crippen molar-refractivity contribution in [2.45, 2.75) is 13.1 Å². The Morgan fingerprint density at radius 2 is 1.92 bits per heavy atom. The van der Waals surface area contributed by atoms with Crippen LogP contribution in [0.3, 0.4) is 0 Å². The van der Waals surface area contributed by atoms with Crippen molar-refractivity contribution in [1.29, 1.82) is 0 Å². The number of benzene rings is 1. The Morgan fingerprint density at radius 1 is 1.17 bits per heavy atom. The van der Waals surface area contributed by atoms with Crippen LogP contribution in [-0.4, -0.2) is 18.0 Å². The van der Waals surface area contributed by atoms with E-state index in [-0.39, 0.29) is 5.69 Å². The molecule has 0 spiro atoms. The minimum Gasteiger partial charge on any atom is -0.460 e. The van der Waals surface area contributed by atoms with E-state index in [1.807, 2.05) is 5.43 Å². The number of rotatable bonds is 3. The number of aryl methyl sites for hydroxylation is 1. The van der Waals surface area contributed by atoms with E-state index in [9.17, 15) is 22.8 Å². The summed E-state index contributed by atoms with van der Waals surface area (Å²) in [6, 6.07) is 7.21. The number of alkyl halides is 3. The van der Waals surface area contributed by atoms with E-state index in [1.54, 1.807) is 19.1 Å². The predicted octanol–water partition coefficient (Wildman–Crippen LogP) is 2.70. The number of nitrogens with zero attached hydrogens (tertiary/aromatic N) is 1. The fourth-order valence-corrected chi connectivity index (χ4v) is 1.69. The molecule has 0 unspecified atom stereocenters. The van der Waals surface area contributed by atoms with Gasteiger partial charge in [-0.1, -0.05) is 6.07 Å². The SMILES string of the molecule is Cc1ccc(C=NNC(=O)C(=O)Nc2cccc(C(F)(F)F)c2)o1. The summed E-state index contributed by atoms with van der Waals surface area (Å²) in [6.07, 6.45) is -3.36. The molecule has 6 nitrogen and oxygen atoms in total. The lowest BCUT2D eigenvalue weighted by Crippen LogP contribution is -2.32. The number of carbonyl (C=O) groups excluding carboxylic acids is 2. The zero-order valence-corrected chi connectivity index (χ0v) is 12.3. The van der Waals surface area contributed by atoms with Crippen molar-refractivity contribution in [2.75, 3.05) is 5.32 Å². The Balaban J connectivity index is 1.94. The van der Waals surface area contributed by atoms with Crippen molar-refractivity contribution in [3.63, 3.8) is 0 Å². The molecule has 0 fully saturated rings. The first kappa shape index (κ1) is 17.3. The van der Waals surface area contributed by atoms with Crippen LogP contribution in [0.15, 0.2) is 45.9 Å². The highest BCUT2D eigenvalue weighted by Gasteiger charge is 2.30. The maximum Gasteiger partial charge on any atom is 0.416 e. The van der Waals surface area contributed by atoms with Gasteiger partial charge in [-0.3, -0.25) is 9.59 Å². The summed E-state index contributed by atoms with van der Waals surface area (Å²) < 4.78 is 42.9. The summed E-state index contributed by atoms with van der Waals surface area (Å²) in [7, 11) is 0. The van der Waals surface area contributed by atoms with Crippen LogP contribution in [-0.2, 0) is 15.8 Å². The number of halogens is 3. The van der Waals surface area contributed by atoms with E-state index in [2.05, 4.69) is 10.4 Å². The van der Waals surface area contributed by atoms with Crippen LogP contribution in [0, 0.1) is 6.92 Å². The topological polar surface area (TPSA) is 83.7 Å². The highest BCUT2D eigenvalue weighted by Crippen LogP contribution is 2.30. The Bertz CT molecular complexity index is 782. The Labute approximate surface area is 134 Å². The highest BCUT2D eigenvalue weighted by atomic mass is 19.4. The molecule has 0 bridgehead atoms. The Kier molecular flexibility index (Phi) is 5.02. The van der Waals surface area contributed by atoms with Gasteiger partial charge in [0.15, 0.2) is 0 Å². The van der Waals surface area contributed by atoms with Gasteiger partial charge in [-0.2, -0.15) is 18.3 Å². The van der Waals surface area contributed by atoms with Crippen molar-refractivity contribution >= 4 is 23.7 Å². The second-order valence-corrected chi connectivity index (χ2v) is 4.68. The lowest BCUT2D eigenvalue weighted by atomic mass is 10.2. The third kappa shape index (κ3) is 4.70. The van der Waals surface area contributed by atoms with E-state index < -0.39 is 23.6 Å². The Morgan fingerprint density at radius 3 is 2.54 bits per heavy atom. The summed E-state index contributed by atoms with van der Waals surface area (Å²) in [5.41, 5.74) is 0.847.